The number of ether oxygens (including phenoxy) is 2. The minimum atomic E-state index is -0.447. The number of carbonyl (C=O) groups excluding carboxylic acids is 1. The van der Waals surface area contributed by atoms with Gasteiger partial charge in [0.25, 0.3) is 0 Å². The van der Waals surface area contributed by atoms with Gasteiger partial charge < -0.3 is 14.0 Å². The van der Waals surface area contributed by atoms with Crippen LogP contribution < -0.4 is 4.74 Å². The monoisotopic (exact) mass is 303 g/mol. The lowest BCUT2D eigenvalue weighted by Crippen LogP contribution is -2.32. The van der Waals surface area contributed by atoms with Crippen molar-refractivity contribution in [2.24, 2.45) is 0 Å². The molecule has 0 amide bonds. The Bertz CT molecular complexity index is 621. The van der Waals surface area contributed by atoms with Gasteiger partial charge in [-0.3, -0.25) is 0 Å². The van der Waals surface area contributed by atoms with E-state index >= 15 is 0 Å². The Morgan fingerprint density at radius 1 is 1.36 bits per heavy atom. The molecule has 0 unspecified atom stereocenters. The Balaban J connectivity index is 2.07. The van der Waals surface area contributed by atoms with Gasteiger partial charge in [-0.05, 0) is 39.8 Å². The molecule has 0 saturated heterocycles. The first-order chi connectivity index (χ1) is 10.4. The zero-order valence-corrected chi connectivity index (χ0v) is 13.3. The van der Waals surface area contributed by atoms with Crippen LogP contribution in [0, 0.1) is 0 Å². The quantitative estimate of drug-likeness (QED) is 0.768. The highest BCUT2D eigenvalue weighted by molar-refractivity contribution is 5.91. The molecule has 118 valence electrons. The maximum atomic E-state index is 12.3. The van der Waals surface area contributed by atoms with Gasteiger partial charge in [0.1, 0.15) is 12.2 Å². The van der Waals surface area contributed by atoms with Crippen molar-refractivity contribution in [3.63, 3.8) is 0 Å². The zero-order chi connectivity index (χ0) is 16.2. The predicted octanol–water partition coefficient (Wildman–Crippen LogP) is 2.66. The van der Waals surface area contributed by atoms with Crippen molar-refractivity contribution in [1.29, 1.82) is 0 Å². The van der Waals surface area contributed by atoms with Crippen LogP contribution in [0.1, 0.15) is 38.1 Å². The second kappa shape index (κ2) is 6.60. The SMILES string of the molecule is CC(C)Oc1ncccc1C(=O)OCC(C)(C)n1ccnc1. The molecular formula is C16H21N3O3. The highest BCUT2D eigenvalue weighted by Crippen LogP contribution is 2.20. The van der Waals surface area contributed by atoms with Gasteiger partial charge in [0.2, 0.25) is 5.88 Å². The maximum absolute atomic E-state index is 12.3. The summed E-state index contributed by atoms with van der Waals surface area (Å²) in [6.07, 6.45) is 6.75. The summed E-state index contributed by atoms with van der Waals surface area (Å²) in [6, 6.07) is 3.34. The number of rotatable bonds is 6. The molecule has 6 nitrogen and oxygen atoms in total. The molecule has 0 N–H and O–H groups in total. The topological polar surface area (TPSA) is 66.2 Å². The van der Waals surface area contributed by atoms with Crippen LogP contribution in [0.15, 0.2) is 37.1 Å². The Kier molecular flexibility index (Phi) is 4.80. The van der Waals surface area contributed by atoms with Crippen LogP contribution in [0.25, 0.3) is 0 Å². The molecular weight excluding hydrogens is 282 g/mol. The van der Waals surface area contributed by atoms with E-state index in [1.807, 2.05) is 38.5 Å². The Labute approximate surface area is 130 Å². The average molecular weight is 303 g/mol. The number of carbonyl (C=O) groups is 1. The Morgan fingerprint density at radius 3 is 2.77 bits per heavy atom. The van der Waals surface area contributed by atoms with Crippen molar-refractivity contribution in [1.82, 2.24) is 14.5 Å². The van der Waals surface area contributed by atoms with E-state index in [2.05, 4.69) is 9.97 Å². The molecule has 0 aliphatic heterocycles. The summed E-state index contributed by atoms with van der Waals surface area (Å²) in [4.78, 5) is 20.4. The van der Waals surface area contributed by atoms with Crippen molar-refractivity contribution < 1.29 is 14.3 Å². The number of pyridine rings is 1. The average Bonchev–Trinajstić information content (AvgIpc) is 3.00. The summed E-state index contributed by atoms with van der Waals surface area (Å²) in [5, 5.41) is 0. The fourth-order valence-corrected chi connectivity index (χ4v) is 1.87. The molecule has 22 heavy (non-hydrogen) atoms. The number of imidazole rings is 1. The minimum absolute atomic E-state index is 0.0659. The van der Waals surface area contributed by atoms with Crippen molar-refractivity contribution in [2.45, 2.75) is 39.3 Å². The minimum Gasteiger partial charge on any atom is -0.474 e. The second-order valence-corrected chi connectivity index (χ2v) is 5.88. The third-order valence-electron chi connectivity index (χ3n) is 3.10. The first-order valence-electron chi connectivity index (χ1n) is 7.17. The fraction of sp³-hybridized carbons (Fsp3) is 0.438. The number of nitrogens with zero attached hydrogens (tertiary/aromatic N) is 3. The van der Waals surface area contributed by atoms with Crippen LogP contribution >= 0.6 is 0 Å². The van der Waals surface area contributed by atoms with Crippen LogP contribution in [0.5, 0.6) is 5.88 Å². The molecule has 2 aromatic heterocycles. The summed E-state index contributed by atoms with van der Waals surface area (Å²) in [5.74, 6) is -0.153. The summed E-state index contributed by atoms with van der Waals surface area (Å²) in [7, 11) is 0. The van der Waals surface area contributed by atoms with Crippen LogP contribution in [0.4, 0.5) is 0 Å². The predicted molar refractivity (Wildman–Crippen MR) is 81.8 cm³/mol. The molecule has 0 fully saturated rings. The van der Waals surface area contributed by atoms with E-state index < -0.39 is 5.97 Å². The molecule has 2 rings (SSSR count). The van der Waals surface area contributed by atoms with E-state index in [1.165, 1.54) is 0 Å². The molecule has 2 aromatic rings. The van der Waals surface area contributed by atoms with Crippen LogP contribution in [-0.2, 0) is 10.3 Å². The molecule has 0 saturated carbocycles. The van der Waals surface area contributed by atoms with Gasteiger partial charge in [-0.2, -0.15) is 0 Å². The van der Waals surface area contributed by atoms with E-state index in [4.69, 9.17) is 9.47 Å². The first-order valence-corrected chi connectivity index (χ1v) is 7.17. The first kappa shape index (κ1) is 16.0. The number of aromatic nitrogens is 3. The van der Waals surface area contributed by atoms with Crippen molar-refractivity contribution >= 4 is 5.97 Å². The fourth-order valence-electron chi connectivity index (χ4n) is 1.87. The molecule has 0 aliphatic carbocycles. The third kappa shape index (κ3) is 3.84. The molecule has 0 aromatic carbocycles. The molecule has 0 spiro atoms. The number of esters is 1. The van der Waals surface area contributed by atoms with E-state index in [0.29, 0.717) is 11.4 Å². The summed E-state index contributed by atoms with van der Waals surface area (Å²) < 4.78 is 12.9. The van der Waals surface area contributed by atoms with E-state index in [9.17, 15) is 4.79 Å². The molecule has 2 heterocycles. The Hall–Kier alpha value is -2.37. The van der Waals surface area contributed by atoms with E-state index in [0.717, 1.165) is 0 Å². The summed E-state index contributed by atoms with van der Waals surface area (Å²) in [5.41, 5.74) is -0.0504. The maximum Gasteiger partial charge on any atom is 0.343 e. The lowest BCUT2D eigenvalue weighted by Gasteiger charge is -2.26. The molecule has 0 bridgehead atoms. The van der Waals surface area contributed by atoms with Gasteiger partial charge in [0.05, 0.1) is 18.0 Å². The van der Waals surface area contributed by atoms with Gasteiger partial charge in [0, 0.05) is 18.6 Å². The van der Waals surface area contributed by atoms with Crippen molar-refractivity contribution in [3.05, 3.63) is 42.6 Å². The van der Waals surface area contributed by atoms with Crippen molar-refractivity contribution in [2.75, 3.05) is 6.61 Å². The normalized spacial score (nSPS) is 11.5. The smallest absolute Gasteiger partial charge is 0.343 e. The van der Waals surface area contributed by atoms with Crippen LogP contribution in [0.2, 0.25) is 0 Å². The van der Waals surface area contributed by atoms with Crippen molar-refractivity contribution in [3.8, 4) is 5.88 Å². The van der Waals surface area contributed by atoms with Crippen LogP contribution in [-0.4, -0.2) is 33.2 Å². The van der Waals surface area contributed by atoms with Gasteiger partial charge in [0.15, 0.2) is 0 Å². The lowest BCUT2D eigenvalue weighted by atomic mass is 10.1. The van der Waals surface area contributed by atoms with Gasteiger partial charge >= 0.3 is 5.97 Å². The summed E-state index contributed by atoms with van der Waals surface area (Å²) >= 11 is 0. The van der Waals surface area contributed by atoms with Crippen LogP contribution in [0.3, 0.4) is 0 Å². The van der Waals surface area contributed by atoms with Gasteiger partial charge in [-0.1, -0.05) is 0 Å². The third-order valence-corrected chi connectivity index (χ3v) is 3.10. The molecule has 0 atom stereocenters. The Morgan fingerprint density at radius 2 is 2.14 bits per heavy atom. The highest BCUT2D eigenvalue weighted by Gasteiger charge is 2.24. The zero-order valence-electron chi connectivity index (χ0n) is 13.3. The van der Waals surface area contributed by atoms with E-state index in [-0.39, 0.29) is 18.2 Å². The lowest BCUT2D eigenvalue weighted by molar-refractivity contribution is 0.0350. The number of hydrogen-bond donors (Lipinski definition) is 0. The van der Waals surface area contributed by atoms with Gasteiger partial charge in [-0.15, -0.1) is 0 Å². The largest absolute Gasteiger partial charge is 0.474 e. The molecule has 6 heteroatoms. The highest BCUT2D eigenvalue weighted by atomic mass is 16.5. The molecule has 0 aliphatic rings. The second-order valence-electron chi connectivity index (χ2n) is 5.88. The number of hydrogen-bond acceptors (Lipinski definition) is 5. The van der Waals surface area contributed by atoms with E-state index in [1.54, 1.807) is 30.9 Å². The standard InChI is InChI=1S/C16H21N3O3/c1-12(2)22-14-13(6-5-7-18-14)15(20)21-10-16(3,4)19-9-8-17-11-19/h5-9,11-12H,10H2,1-4H3. The summed E-state index contributed by atoms with van der Waals surface area (Å²) in [6.45, 7) is 7.92. The van der Waals surface area contributed by atoms with Gasteiger partial charge in [-0.25, -0.2) is 14.8 Å². The molecule has 0 radical (unpaired) electrons.